The molecule has 1 unspecified atom stereocenters. The Bertz CT molecular complexity index is 770. The van der Waals surface area contributed by atoms with Crippen LogP contribution in [-0.2, 0) is 9.53 Å². The molecule has 134 valence electrons. The molecule has 1 aromatic heterocycles. The van der Waals surface area contributed by atoms with Gasteiger partial charge in [-0.05, 0) is 24.5 Å². The number of aliphatic carboxylic acids is 1. The fourth-order valence-electron chi connectivity index (χ4n) is 2.45. The third kappa shape index (κ3) is 4.21. The second kappa shape index (κ2) is 7.89. The Balaban J connectivity index is 2.31. The van der Waals surface area contributed by atoms with Crippen molar-refractivity contribution in [2.75, 3.05) is 13.7 Å². The zero-order valence-corrected chi connectivity index (χ0v) is 14.7. The molecule has 0 bridgehead atoms. The number of para-hydroxylation sites is 1. The Kier molecular flexibility index (Phi) is 5.87. The van der Waals surface area contributed by atoms with Gasteiger partial charge < -0.3 is 15.2 Å². The fraction of sp³-hybridized carbons (Fsp3) is 0.412. The monoisotopic (exact) mass is 346 g/mol. The number of amides is 1. The average molecular weight is 346 g/mol. The predicted octanol–water partition coefficient (Wildman–Crippen LogP) is 1.53. The first-order chi connectivity index (χ1) is 11.8. The third-order valence-corrected chi connectivity index (χ3v) is 3.70. The molecule has 2 N–H and O–H groups in total. The maximum atomic E-state index is 12.3. The second-order valence-electron chi connectivity index (χ2n) is 5.93. The van der Waals surface area contributed by atoms with Crippen LogP contribution in [-0.4, -0.2) is 51.5 Å². The molecule has 1 amide bonds. The molecule has 0 aliphatic carbocycles. The summed E-state index contributed by atoms with van der Waals surface area (Å²) < 4.78 is 6.39. The highest BCUT2D eigenvalue weighted by Crippen LogP contribution is 2.23. The van der Waals surface area contributed by atoms with E-state index in [9.17, 15) is 9.59 Å². The first-order valence-electron chi connectivity index (χ1n) is 7.90. The molecule has 0 aliphatic rings. The highest BCUT2D eigenvalue weighted by Gasteiger charge is 2.24. The minimum absolute atomic E-state index is 0.0848. The molecule has 1 heterocycles. The zero-order chi connectivity index (χ0) is 18.6. The summed E-state index contributed by atoms with van der Waals surface area (Å²) in [4.78, 5) is 27.6. The maximum absolute atomic E-state index is 12.3. The molecule has 8 heteroatoms. The maximum Gasteiger partial charge on any atom is 0.328 e. The number of nitrogens with zero attached hydrogens (tertiary/aromatic N) is 3. The van der Waals surface area contributed by atoms with Crippen LogP contribution in [0.25, 0.3) is 5.69 Å². The van der Waals surface area contributed by atoms with Crippen LogP contribution >= 0.6 is 0 Å². The van der Waals surface area contributed by atoms with Gasteiger partial charge in [-0.1, -0.05) is 32.0 Å². The van der Waals surface area contributed by atoms with Crippen molar-refractivity contribution in [3.05, 3.63) is 41.5 Å². The first kappa shape index (κ1) is 18.6. The Morgan fingerprint density at radius 1 is 1.32 bits per heavy atom. The molecular weight excluding hydrogens is 324 g/mol. The van der Waals surface area contributed by atoms with Gasteiger partial charge in [-0.15, -0.1) is 5.10 Å². The lowest BCUT2D eigenvalue weighted by atomic mass is 10.0. The lowest BCUT2D eigenvalue weighted by Crippen LogP contribution is -2.44. The average Bonchev–Trinajstić information content (AvgIpc) is 2.96. The van der Waals surface area contributed by atoms with Gasteiger partial charge in [0.05, 0.1) is 12.3 Å². The van der Waals surface area contributed by atoms with Gasteiger partial charge in [0, 0.05) is 7.11 Å². The number of carbonyl (C=O) groups excluding carboxylic acids is 1. The van der Waals surface area contributed by atoms with E-state index in [0.29, 0.717) is 5.82 Å². The van der Waals surface area contributed by atoms with Crippen molar-refractivity contribution in [3.63, 3.8) is 0 Å². The Morgan fingerprint density at radius 3 is 2.60 bits per heavy atom. The number of aromatic nitrogens is 3. The van der Waals surface area contributed by atoms with Crippen LogP contribution in [0.3, 0.4) is 0 Å². The molecule has 0 spiro atoms. The summed E-state index contributed by atoms with van der Waals surface area (Å²) in [6.07, 6.45) is 0. The molecule has 0 saturated heterocycles. The molecule has 2 aromatic rings. The van der Waals surface area contributed by atoms with E-state index >= 15 is 0 Å². The smallest absolute Gasteiger partial charge is 0.328 e. The lowest BCUT2D eigenvalue weighted by molar-refractivity contribution is -0.140. The molecule has 0 radical (unpaired) electrons. The normalized spacial score (nSPS) is 12.2. The van der Waals surface area contributed by atoms with Gasteiger partial charge >= 0.3 is 5.97 Å². The van der Waals surface area contributed by atoms with E-state index in [4.69, 9.17) is 9.84 Å². The van der Waals surface area contributed by atoms with E-state index < -0.39 is 17.9 Å². The van der Waals surface area contributed by atoms with Crippen molar-refractivity contribution < 1.29 is 19.4 Å². The van der Waals surface area contributed by atoms with Crippen molar-refractivity contribution in [1.29, 1.82) is 0 Å². The molecule has 8 nitrogen and oxygen atoms in total. The van der Waals surface area contributed by atoms with Crippen LogP contribution < -0.4 is 5.32 Å². The SMILES string of the molecule is COCC(NC(=O)c1nc(C)n(-c2ccccc2C(C)C)n1)C(=O)O. The molecule has 2 rings (SSSR count). The van der Waals surface area contributed by atoms with Crippen LogP contribution in [0, 0.1) is 6.92 Å². The number of ether oxygens (including phenoxy) is 1. The molecule has 1 atom stereocenters. The van der Waals surface area contributed by atoms with Gasteiger partial charge in [-0.3, -0.25) is 4.79 Å². The number of hydrogen-bond donors (Lipinski definition) is 2. The fourth-order valence-corrected chi connectivity index (χ4v) is 2.45. The van der Waals surface area contributed by atoms with E-state index in [1.807, 2.05) is 24.3 Å². The summed E-state index contributed by atoms with van der Waals surface area (Å²) in [6, 6.07) is 6.58. The third-order valence-electron chi connectivity index (χ3n) is 3.70. The highest BCUT2D eigenvalue weighted by molar-refractivity contribution is 5.93. The van der Waals surface area contributed by atoms with Gasteiger partial charge in [0.25, 0.3) is 5.91 Å². The van der Waals surface area contributed by atoms with E-state index in [-0.39, 0.29) is 18.3 Å². The van der Waals surface area contributed by atoms with Crippen molar-refractivity contribution in [2.45, 2.75) is 32.7 Å². The van der Waals surface area contributed by atoms with Crippen molar-refractivity contribution in [3.8, 4) is 5.69 Å². The minimum atomic E-state index is -1.18. The molecular formula is C17H22N4O4. The molecule has 0 fully saturated rings. The number of hydrogen-bond acceptors (Lipinski definition) is 5. The summed E-state index contributed by atoms with van der Waals surface area (Å²) in [6.45, 7) is 5.74. The van der Waals surface area contributed by atoms with Gasteiger partial charge in [-0.2, -0.15) is 0 Å². The minimum Gasteiger partial charge on any atom is -0.480 e. The number of carbonyl (C=O) groups is 2. The van der Waals surface area contributed by atoms with E-state index in [1.165, 1.54) is 7.11 Å². The van der Waals surface area contributed by atoms with Gasteiger partial charge in [0.15, 0.2) is 6.04 Å². The molecule has 1 aromatic carbocycles. The number of carboxylic acids is 1. The standard InChI is InChI=1S/C17H22N4O4/c1-10(2)12-7-5-6-8-14(12)21-11(3)18-15(20-21)16(22)19-13(9-25-4)17(23)24/h5-8,10,13H,9H2,1-4H3,(H,19,22)(H,23,24). The van der Waals surface area contributed by atoms with E-state index in [0.717, 1.165) is 11.3 Å². The van der Waals surface area contributed by atoms with Crippen LogP contribution in [0.5, 0.6) is 0 Å². The van der Waals surface area contributed by atoms with Crippen molar-refractivity contribution >= 4 is 11.9 Å². The zero-order valence-electron chi connectivity index (χ0n) is 14.7. The van der Waals surface area contributed by atoms with Crippen LogP contribution in [0.15, 0.2) is 24.3 Å². The Hall–Kier alpha value is -2.74. The summed E-state index contributed by atoms with van der Waals surface area (Å²) in [5, 5.41) is 15.7. The van der Waals surface area contributed by atoms with E-state index in [1.54, 1.807) is 11.6 Å². The number of aryl methyl sites for hydroxylation is 1. The number of benzene rings is 1. The van der Waals surface area contributed by atoms with Crippen LogP contribution in [0.2, 0.25) is 0 Å². The van der Waals surface area contributed by atoms with Gasteiger partial charge in [0.2, 0.25) is 5.82 Å². The Morgan fingerprint density at radius 2 is 2.00 bits per heavy atom. The van der Waals surface area contributed by atoms with Crippen LogP contribution in [0.1, 0.15) is 41.8 Å². The quantitative estimate of drug-likeness (QED) is 0.787. The lowest BCUT2D eigenvalue weighted by Gasteiger charge is -2.13. The number of carboxylic acid groups (broad SMARTS) is 1. The van der Waals surface area contributed by atoms with Crippen molar-refractivity contribution in [2.24, 2.45) is 0 Å². The molecule has 0 aliphatic heterocycles. The van der Waals surface area contributed by atoms with Crippen LogP contribution in [0.4, 0.5) is 0 Å². The summed E-state index contributed by atoms with van der Waals surface area (Å²) in [5.41, 5.74) is 1.92. The van der Waals surface area contributed by atoms with Gasteiger partial charge in [0.1, 0.15) is 5.82 Å². The van der Waals surface area contributed by atoms with Crippen molar-refractivity contribution in [1.82, 2.24) is 20.1 Å². The second-order valence-corrected chi connectivity index (χ2v) is 5.93. The summed E-state index contributed by atoms with van der Waals surface area (Å²) in [7, 11) is 1.36. The first-order valence-corrected chi connectivity index (χ1v) is 7.90. The molecule has 0 saturated carbocycles. The molecule has 25 heavy (non-hydrogen) atoms. The summed E-state index contributed by atoms with van der Waals surface area (Å²) >= 11 is 0. The van der Waals surface area contributed by atoms with Gasteiger partial charge in [-0.25, -0.2) is 14.5 Å². The number of nitrogens with one attached hydrogen (secondary N) is 1. The van der Waals surface area contributed by atoms with E-state index in [2.05, 4.69) is 29.2 Å². The highest BCUT2D eigenvalue weighted by atomic mass is 16.5. The largest absolute Gasteiger partial charge is 0.480 e. The number of rotatable bonds is 7. The topological polar surface area (TPSA) is 106 Å². The Labute approximate surface area is 145 Å². The number of methoxy groups -OCH3 is 1. The predicted molar refractivity (Wildman–Crippen MR) is 91.0 cm³/mol. The summed E-state index contributed by atoms with van der Waals surface area (Å²) in [5.74, 6) is -1.12.